The zero-order valence-corrected chi connectivity index (χ0v) is 34.4. The third-order valence-corrected chi connectivity index (χ3v) is 12.3. The maximum atomic E-state index is 10.5. The molecule has 0 radical (unpaired) electrons. The Kier molecular flexibility index (Phi) is 8.42. The summed E-state index contributed by atoms with van der Waals surface area (Å²) in [6, 6.07) is 49.6. The third-order valence-electron chi connectivity index (χ3n) is 11.1. The number of benzene rings is 8. The van der Waals surface area contributed by atoms with Gasteiger partial charge in [-0.1, -0.05) is 103 Å². The summed E-state index contributed by atoms with van der Waals surface area (Å²) in [5.74, 6) is -4.30. The van der Waals surface area contributed by atoms with Crippen LogP contribution in [0.5, 0.6) is 28.7 Å². The largest absolute Gasteiger partial charge is 1.00 e. The molecule has 10 heteroatoms. The molecule has 270 valence electrons. The van der Waals surface area contributed by atoms with Crippen molar-refractivity contribution in [2.24, 2.45) is 0 Å². The fourth-order valence-corrected chi connectivity index (χ4v) is 9.50. The molecule has 0 saturated heterocycles. The molecule has 10 aromatic rings. The van der Waals surface area contributed by atoms with Crippen LogP contribution in [0.3, 0.4) is 0 Å². The number of fused-ring (bicyclic) bond motifs is 9. The summed E-state index contributed by atoms with van der Waals surface area (Å²) in [5.41, 5.74) is 12.6. The minimum absolute atomic E-state index is 0. The van der Waals surface area contributed by atoms with Gasteiger partial charge in [-0.3, -0.25) is 0 Å². The predicted octanol–water partition coefficient (Wildman–Crippen LogP) is 8.84. The fraction of sp³-hybridized carbons (Fsp3) is 0.0213. The Morgan fingerprint density at radius 2 is 1.09 bits per heavy atom. The van der Waals surface area contributed by atoms with Crippen molar-refractivity contribution in [2.75, 3.05) is 5.01 Å². The van der Waals surface area contributed by atoms with E-state index in [2.05, 4.69) is 97.1 Å². The molecule has 8 nitrogen and oxygen atoms in total. The number of phenols is 5. The van der Waals surface area contributed by atoms with E-state index in [4.69, 9.17) is 5.53 Å². The number of thiophene rings is 1. The maximum absolute atomic E-state index is 10.5. The van der Waals surface area contributed by atoms with E-state index in [1.807, 2.05) is 57.4 Å². The molecule has 0 saturated carbocycles. The Morgan fingerprint density at radius 3 is 1.88 bits per heavy atom. The second-order valence-electron chi connectivity index (χ2n) is 14.2. The van der Waals surface area contributed by atoms with Gasteiger partial charge in [0.05, 0.1) is 11.6 Å². The van der Waals surface area contributed by atoms with E-state index in [9.17, 15) is 25.5 Å². The van der Waals surface area contributed by atoms with Gasteiger partial charge in [-0.25, -0.2) is 0 Å². The van der Waals surface area contributed by atoms with Gasteiger partial charge in [0.15, 0.2) is 11.5 Å². The molecule has 1 aliphatic heterocycles. The Hall–Kier alpha value is -5.72. The van der Waals surface area contributed by atoms with Gasteiger partial charge in [0, 0.05) is 53.2 Å². The van der Waals surface area contributed by atoms with Crippen LogP contribution in [0.25, 0.3) is 80.5 Å². The summed E-state index contributed by atoms with van der Waals surface area (Å²) >= 11 is 1.83. The molecule has 1 atom stereocenters. The number of hydrogen-bond acceptors (Lipinski definition) is 7. The number of para-hydroxylation sites is 2. The average molecular weight is 788 g/mol. The van der Waals surface area contributed by atoms with E-state index in [1.54, 1.807) is 12.1 Å². The number of aromatic nitrogens is 1. The second-order valence-corrected chi connectivity index (χ2v) is 15.3. The van der Waals surface area contributed by atoms with Crippen molar-refractivity contribution in [3.8, 4) is 51.0 Å². The molecule has 0 spiro atoms. The normalized spacial score (nSPS) is 13.6. The molecule has 0 aliphatic carbocycles. The van der Waals surface area contributed by atoms with Crippen LogP contribution in [0.2, 0.25) is 0 Å². The van der Waals surface area contributed by atoms with E-state index in [0.717, 1.165) is 49.7 Å². The van der Waals surface area contributed by atoms with Crippen LogP contribution in [-0.4, -0.2) is 30.2 Å². The van der Waals surface area contributed by atoms with Crippen molar-refractivity contribution in [3.63, 3.8) is 0 Å². The van der Waals surface area contributed by atoms with Gasteiger partial charge in [0.25, 0.3) is 0 Å². The number of anilines is 1. The molecule has 5 N–H and O–H groups in total. The van der Waals surface area contributed by atoms with E-state index in [1.165, 1.54) is 30.9 Å². The first-order valence-electron chi connectivity index (χ1n) is 18.1. The number of nitrogens with zero attached hydrogens (tertiary/aromatic N) is 3. The minimum atomic E-state index is -0.993. The molecule has 0 bridgehead atoms. The van der Waals surface area contributed by atoms with Crippen LogP contribution in [0, 0.1) is 0 Å². The van der Waals surface area contributed by atoms with Crippen molar-refractivity contribution < 1.29 is 76.9 Å². The van der Waals surface area contributed by atoms with Gasteiger partial charge >= 0.3 is 51.4 Å². The number of hydrogen-bond donors (Lipinski definition) is 5. The average Bonchev–Trinajstić information content (AvgIpc) is 3.77. The molecule has 11 rings (SSSR count). The van der Waals surface area contributed by atoms with Crippen LogP contribution in [0.4, 0.5) is 5.69 Å². The molecule has 8 aromatic carbocycles. The smallest absolute Gasteiger partial charge is 0.526 e. The number of phenolic OH excluding ortho intramolecular Hbond substituents is 5. The molecule has 1 unspecified atom stereocenters. The fourth-order valence-electron chi connectivity index (χ4n) is 8.39. The summed E-state index contributed by atoms with van der Waals surface area (Å²) in [4.78, 5) is 0. The molecular weight excluding hydrogens is 758 g/mol. The van der Waals surface area contributed by atoms with Crippen molar-refractivity contribution >= 4 is 69.8 Å². The monoisotopic (exact) mass is 787 g/mol. The Morgan fingerprint density at radius 1 is 0.491 bits per heavy atom. The Labute approximate surface area is 372 Å². The van der Waals surface area contributed by atoms with Gasteiger partial charge in [-0.15, -0.1) is 11.3 Å². The summed E-state index contributed by atoms with van der Waals surface area (Å²) in [7, 11) is 0. The quantitative estimate of drug-likeness (QED) is 0.0675. The zero-order chi connectivity index (χ0) is 37.8. The first kappa shape index (κ1) is 35.7. The predicted molar refractivity (Wildman–Crippen MR) is 225 cm³/mol. The maximum Gasteiger partial charge on any atom is 1.00 e. The van der Waals surface area contributed by atoms with E-state index >= 15 is 0 Å². The summed E-state index contributed by atoms with van der Waals surface area (Å²) in [5, 5.41) is 60.5. The first-order valence-corrected chi connectivity index (χ1v) is 18.9. The molecule has 3 heterocycles. The van der Waals surface area contributed by atoms with Crippen LogP contribution in [0.1, 0.15) is 17.2 Å². The van der Waals surface area contributed by atoms with Crippen molar-refractivity contribution in [1.29, 1.82) is 0 Å². The van der Waals surface area contributed by atoms with Crippen molar-refractivity contribution in [1.82, 2.24) is 4.68 Å². The van der Waals surface area contributed by atoms with E-state index < -0.39 is 28.7 Å². The van der Waals surface area contributed by atoms with Gasteiger partial charge in [-0.2, -0.15) is 0 Å². The molecule has 1 aliphatic rings. The Bertz CT molecular complexity index is 3240. The summed E-state index contributed by atoms with van der Waals surface area (Å²) in [6.07, 6.45) is 0. The van der Waals surface area contributed by atoms with E-state index in [0.29, 0.717) is 5.56 Å². The molecule has 0 amide bonds. The SMILES string of the molecule is Oc1c(O)c(O)c(-c2ccc(C3c4ccccc4N3[N-]n3c4ccccc4c4cc(-c5ccc6sc7ccc8ccccc8c7c6c5)ccc43)cc2)c(O)c1O.[K+]. The van der Waals surface area contributed by atoms with Gasteiger partial charge in [-0.05, 0) is 75.5 Å². The number of rotatable bonds is 5. The zero-order valence-electron chi connectivity index (χ0n) is 30.4. The molecular formula is C47H30KN3O5S. The van der Waals surface area contributed by atoms with E-state index in [-0.39, 0.29) is 63.0 Å². The molecule has 57 heavy (non-hydrogen) atoms. The van der Waals surface area contributed by atoms with Crippen molar-refractivity contribution in [2.45, 2.75) is 6.04 Å². The Balaban J connectivity index is 0.00000396. The molecule has 2 aromatic heterocycles. The van der Waals surface area contributed by atoms with Gasteiger partial charge in [0.2, 0.25) is 17.2 Å². The number of aromatic hydroxyl groups is 5. The summed E-state index contributed by atoms with van der Waals surface area (Å²) in [6.45, 7) is 0. The van der Waals surface area contributed by atoms with Crippen molar-refractivity contribution in [3.05, 3.63) is 162 Å². The van der Waals surface area contributed by atoms with Crippen LogP contribution < -0.4 is 56.4 Å². The standard InChI is InChI=1S/C47H30N3O5S.K/c51-43-40(44(52)46(54)47(55)45(43)53)26-13-15-27(16-14-26)42-32-10-4-6-12-36(32)50(42)48-49-35-11-5-3-9-31(35)33-23-28(17-20-37(33)49)29-19-21-38-34(24-29)41-30-8-2-1-7-25(30)18-22-39(41)56-38;/h1-24,42,51-55H;/q-1;+1. The minimum Gasteiger partial charge on any atom is -0.526 e. The second kappa shape index (κ2) is 13.4. The van der Waals surface area contributed by atoms with Gasteiger partial charge in [0.1, 0.15) is 0 Å². The molecule has 0 fully saturated rings. The first-order chi connectivity index (χ1) is 27.4. The summed E-state index contributed by atoms with van der Waals surface area (Å²) < 4.78 is 4.56. The van der Waals surface area contributed by atoms with Crippen LogP contribution in [0.15, 0.2) is 146 Å². The topological polar surface area (TPSA) is 123 Å². The third kappa shape index (κ3) is 5.33. The van der Waals surface area contributed by atoms with Crippen LogP contribution >= 0.6 is 11.3 Å². The van der Waals surface area contributed by atoms with Gasteiger partial charge < -0.3 is 40.8 Å². The van der Waals surface area contributed by atoms with Crippen LogP contribution in [-0.2, 0) is 0 Å².